The van der Waals surface area contributed by atoms with Gasteiger partial charge < -0.3 is 25.6 Å². The maximum absolute atomic E-state index is 13.5. The molecule has 12 nitrogen and oxygen atoms in total. The minimum absolute atomic E-state index is 0.0140. The van der Waals surface area contributed by atoms with Gasteiger partial charge in [0.05, 0.1) is 19.2 Å². The van der Waals surface area contributed by atoms with Crippen molar-refractivity contribution in [3.8, 4) is 0 Å². The van der Waals surface area contributed by atoms with Gasteiger partial charge in [0.15, 0.2) is 5.69 Å². The summed E-state index contributed by atoms with van der Waals surface area (Å²) >= 11 is 6.26. The number of aromatic nitrogens is 3. The van der Waals surface area contributed by atoms with Crippen molar-refractivity contribution in [2.45, 2.75) is 68.7 Å². The lowest BCUT2D eigenvalue weighted by Crippen LogP contribution is -2.49. The molecule has 3 N–H and O–H groups in total. The Labute approximate surface area is 238 Å². The molecule has 1 aliphatic carbocycles. The second kappa shape index (κ2) is 13.0. The van der Waals surface area contributed by atoms with Crippen LogP contribution >= 0.6 is 11.6 Å². The van der Waals surface area contributed by atoms with Gasteiger partial charge in [-0.2, -0.15) is 13.2 Å². The summed E-state index contributed by atoms with van der Waals surface area (Å²) in [5.74, 6) is -1.30. The number of halogens is 4. The molecule has 0 unspecified atom stereocenters. The first-order chi connectivity index (χ1) is 19.5. The van der Waals surface area contributed by atoms with E-state index in [1.807, 2.05) is 5.32 Å². The predicted octanol–water partition coefficient (Wildman–Crippen LogP) is 3.21. The molecule has 0 aromatic carbocycles. The van der Waals surface area contributed by atoms with Gasteiger partial charge in [-0.05, 0) is 60.9 Å². The molecule has 2 fully saturated rings. The molecule has 0 radical (unpaired) electrons. The molecule has 2 aromatic rings. The summed E-state index contributed by atoms with van der Waals surface area (Å²) in [6.07, 6.45) is -0.318. The van der Waals surface area contributed by atoms with E-state index in [2.05, 4.69) is 25.9 Å². The Hall–Kier alpha value is -3.46. The van der Waals surface area contributed by atoms with E-state index in [-0.39, 0.29) is 29.4 Å². The fraction of sp³-hybridized carbons (Fsp3) is 0.600. The van der Waals surface area contributed by atoms with Crippen molar-refractivity contribution < 1.29 is 36.9 Å². The van der Waals surface area contributed by atoms with E-state index in [9.17, 15) is 27.6 Å². The first-order valence-corrected chi connectivity index (χ1v) is 13.6. The Balaban J connectivity index is 1.54. The third kappa shape index (κ3) is 7.25. The number of hydrogen-bond donors (Lipinski definition) is 3. The molecule has 3 atom stereocenters. The van der Waals surface area contributed by atoms with Crippen LogP contribution in [-0.2, 0) is 16.0 Å². The molecule has 41 heavy (non-hydrogen) atoms. The highest BCUT2D eigenvalue weighted by Crippen LogP contribution is 2.32. The minimum atomic E-state index is -4.61. The van der Waals surface area contributed by atoms with Crippen molar-refractivity contribution in [1.29, 1.82) is 0 Å². The van der Waals surface area contributed by atoms with Gasteiger partial charge in [0.2, 0.25) is 5.91 Å². The van der Waals surface area contributed by atoms with Crippen molar-refractivity contribution in [1.82, 2.24) is 30.8 Å². The van der Waals surface area contributed by atoms with Crippen LogP contribution in [0.2, 0.25) is 0 Å². The Morgan fingerprint density at radius 2 is 2.00 bits per heavy atom. The molecule has 4 amide bonds. The number of nitrogens with one attached hydrogen (secondary N) is 3. The molecule has 3 heterocycles. The van der Waals surface area contributed by atoms with Gasteiger partial charge in [-0.15, -0.1) is 11.6 Å². The van der Waals surface area contributed by atoms with Crippen molar-refractivity contribution in [2.24, 2.45) is 5.92 Å². The van der Waals surface area contributed by atoms with Gasteiger partial charge in [-0.25, -0.2) is 14.4 Å². The zero-order chi connectivity index (χ0) is 29.7. The maximum atomic E-state index is 13.5. The summed E-state index contributed by atoms with van der Waals surface area (Å²) in [6, 6.07) is -1.77. The van der Waals surface area contributed by atoms with E-state index < -0.39 is 48.7 Å². The Kier molecular flexibility index (Phi) is 9.68. The van der Waals surface area contributed by atoms with Crippen LogP contribution in [0.1, 0.15) is 60.4 Å². The monoisotopic (exact) mass is 601 g/mol. The van der Waals surface area contributed by atoms with Crippen molar-refractivity contribution in [3.63, 3.8) is 0 Å². The van der Waals surface area contributed by atoms with Crippen molar-refractivity contribution in [3.05, 3.63) is 35.3 Å². The molecule has 1 aliphatic heterocycles. The SMILES string of the molecule is CCc1nonc1C(=O)N[C@H](C(=O)Nc1cc([C@@H](COC)N2C[C@@H](C(F)(F)F)NC2=O)ccn1)C1CCC(Cl)CC1. The standard InChI is InChI=1S/C25H31ClF3N7O5/c1-3-16-21(35-41-34-16)23(38)33-20(13-4-6-15(26)7-5-13)22(37)32-19-10-14(8-9-30-19)17(12-40-2)36-11-18(25(27,28)29)31-24(36)39/h8-10,13,15,17-18,20H,3-7,11-12H2,1-2H3,(H,31,39)(H,33,38)(H,30,32,37)/t13?,15?,17-,18+,20+/m1/s1. The number of carbonyl (C=O) groups excluding carboxylic acids is 3. The topological polar surface area (TPSA) is 152 Å². The van der Waals surface area contributed by atoms with Crippen LogP contribution in [0.4, 0.5) is 23.8 Å². The smallest absolute Gasteiger partial charge is 0.382 e. The van der Waals surface area contributed by atoms with E-state index in [0.29, 0.717) is 43.4 Å². The third-order valence-corrected chi connectivity index (χ3v) is 7.74. The summed E-state index contributed by atoms with van der Waals surface area (Å²) in [6.45, 7) is 1.09. The van der Waals surface area contributed by atoms with Crippen LogP contribution in [0, 0.1) is 5.92 Å². The number of urea groups is 1. The summed E-state index contributed by atoms with van der Waals surface area (Å²) in [4.78, 5) is 44.2. The van der Waals surface area contributed by atoms with E-state index in [0.717, 1.165) is 4.90 Å². The lowest BCUT2D eigenvalue weighted by molar-refractivity contribution is -0.150. The number of carbonyl (C=O) groups is 3. The highest BCUT2D eigenvalue weighted by Gasteiger charge is 2.48. The predicted molar refractivity (Wildman–Crippen MR) is 139 cm³/mol. The molecule has 1 saturated heterocycles. The number of amides is 4. The molecule has 0 spiro atoms. The average Bonchev–Trinajstić information content (AvgIpc) is 3.57. The lowest BCUT2D eigenvalue weighted by Gasteiger charge is -2.31. The van der Waals surface area contributed by atoms with Crippen molar-refractivity contribution >= 4 is 35.3 Å². The first-order valence-electron chi connectivity index (χ1n) is 13.2. The lowest BCUT2D eigenvalue weighted by atomic mass is 9.83. The summed E-state index contributed by atoms with van der Waals surface area (Å²) < 4.78 is 49.7. The van der Waals surface area contributed by atoms with E-state index in [1.165, 1.54) is 25.4 Å². The third-order valence-electron chi connectivity index (χ3n) is 7.30. The second-order valence-electron chi connectivity index (χ2n) is 10.0. The minimum Gasteiger partial charge on any atom is -0.382 e. The Morgan fingerprint density at radius 1 is 1.27 bits per heavy atom. The van der Waals surface area contributed by atoms with Gasteiger partial charge >= 0.3 is 12.2 Å². The van der Waals surface area contributed by atoms with Crippen LogP contribution in [0.3, 0.4) is 0 Å². The number of aryl methyl sites for hydroxylation is 1. The molecule has 2 aliphatic rings. The molecular weight excluding hydrogens is 571 g/mol. The zero-order valence-corrected chi connectivity index (χ0v) is 23.2. The number of rotatable bonds is 10. The van der Waals surface area contributed by atoms with Gasteiger partial charge in [-0.3, -0.25) is 9.59 Å². The highest BCUT2D eigenvalue weighted by molar-refractivity contribution is 6.20. The summed E-state index contributed by atoms with van der Waals surface area (Å²) in [5.41, 5.74) is 0.739. The van der Waals surface area contributed by atoms with Gasteiger partial charge in [0.1, 0.15) is 23.6 Å². The molecule has 4 rings (SSSR count). The summed E-state index contributed by atoms with van der Waals surface area (Å²) in [7, 11) is 1.36. The number of pyridine rings is 1. The largest absolute Gasteiger partial charge is 0.410 e. The number of alkyl halides is 4. The van der Waals surface area contributed by atoms with E-state index in [1.54, 1.807) is 6.92 Å². The van der Waals surface area contributed by atoms with Gasteiger partial charge in [-0.1, -0.05) is 12.1 Å². The number of hydrogen-bond acceptors (Lipinski definition) is 8. The quantitative estimate of drug-likeness (QED) is 0.351. The highest BCUT2D eigenvalue weighted by atomic mass is 35.5. The average molecular weight is 602 g/mol. The van der Waals surface area contributed by atoms with Crippen LogP contribution in [0.5, 0.6) is 0 Å². The van der Waals surface area contributed by atoms with Crippen molar-refractivity contribution in [2.75, 3.05) is 25.6 Å². The second-order valence-corrected chi connectivity index (χ2v) is 10.6. The molecule has 16 heteroatoms. The molecular formula is C25H31ClF3N7O5. The Morgan fingerprint density at radius 3 is 2.63 bits per heavy atom. The summed E-state index contributed by atoms with van der Waals surface area (Å²) in [5, 5.41) is 14.8. The van der Waals surface area contributed by atoms with Crippen LogP contribution < -0.4 is 16.0 Å². The molecule has 0 bridgehead atoms. The van der Waals surface area contributed by atoms with E-state index >= 15 is 0 Å². The number of methoxy groups -OCH3 is 1. The first kappa shape index (κ1) is 30.5. The van der Waals surface area contributed by atoms with E-state index in [4.69, 9.17) is 21.0 Å². The molecule has 224 valence electrons. The Bertz CT molecular complexity index is 1240. The zero-order valence-electron chi connectivity index (χ0n) is 22.4. The molecule has 2 aromatic heterocycles. The fourth-order valence-corrected chi connectivity index (χ4v) is 5.34. The van der Waals surface area contributed by atoms with Crippen LogP contribution in [0.15, 0.2) is 23.0 Å². The van der Waals surface area contributed by atoms with Gasteiger partial charge in [0.25, 0.3) is 5.91 Å². The number of nitrogens with zero attached hydrogens (tertiary/aromatic N) is 4. The number of anilines is 1. The molecule has 1 saturated carbocycles. The maximum Gasteiger partial charge on any atom is 0.410 e. The fourth-order valence-electron chi connectivity index (χ4n) is 5.09. The number of ether oxygens (including phenoxy) is 1. The van der Waals surface area contributed by atoms with Gasteiger partial charge in [0, 0.05) is 18.7 Å². The van der Waals surface area contributed by atoms with Crippen LogP contribution in [-0.4, -0.2) is 81.9 Å². The van der Waals surface area contributed by atoms with Crippen LogP contribution in [0.25, 0.3) is 0 Å². The normalized spacial score (nSPS) is 22.6.